The van der Waals surface area contributed by atoms with E-state index in [0.717, 1.165) is 0 Å². The van der Waals surface area contributed by atoms with E-state index in [0.29, 0.717) is 0 Å². The van der Waals surface area contributed by atoms with E-state index in [9.17, 15) is 0 Å². The molecule has 1 aliphatic rings. The first-order valence-electron chi connectivity index (χ1n) is 11.2. The molecule has 2 nitrogen and oxygen atoms in total. The summed E-state index contributed by atoms with van der Waals surface area (Å²) in [7, 11) is 0. The third kappa shape index (κ3) is 2.41. The van der Waals surface area contributed by atoms with Crippen molar-refractivity contribution in [1.29, 1.82) is 0 Å². The van der Waals surface area contributed by atoms with Crippen molar-refractivity contribution in [3.05, 3.63) is 143 Å². The Labute approximate surface area is 186 Å². The molecule has 0 bridgehead atoms. The maximum atomic E-state index is 3.85. The van der Waals surface area contributed by atoms with Crippen molar-refractivity contribution in [2.45, 2.75) is 11.8 Å². The predicted molar refractivity (Wildman–Crippen MR) is 131 cm³/mol. The Kier molecular flexibility index (Phi) is 3.71. The summed E-state index contributed by atoms with van der Waals surface area (Å²) in [6.45, 7) is 0. The summed E-state index contributed by atoms with van der Waals surface area (Å²) in [6, 6.07) is 39.3. The first-order chi connectivity index (χ1) is 15.9. The lowest BCUT2D eigenvalue weighted by molar-refractivity contribution is 0.801. The monoisotopic (exact) mass is 410 g/mol. The van der Waals surface area contributed by atoms with Gasteiger partial charge in [0.2, 0.25) is 0 Å². The number of para-hydroxylation sites is 2. The molecule has 0 fully saturated rings. The lowest BCUT2D eigenvalue weighted by atomic mass is 9.72. The van der Waals surface area contributed by atoms with Crippen molar-refractivity contribution in [2.75, 3.05) is 0 Å². The van der Waals surface area contributed by atoms with Crippen LogP contribution in [0.4, 0.5) is 0 Å². The summed E-state index contributed by atoms with van der Waals surface area (Å²) in [4.78, 5) is 7.69. The molecule has 0 unspecified atom stereocenters. The number of hydrogen-bond donors (Lipinski definition) is 2. The number of nitrogens with one attached hydrogen (secondary N) is 2. The van der Waals surface area contributed by atoms with Gasteiger partial charge in [-0.2, -0.15) is 0 Å². The van der Waals surface area contributed by atoms with E-state index in [-0.39, 0.29) is 11.8 Å². The number of aromatic nitrogens is 2. The zero-order valence-corrected chi connectivity index (χ0v) is 17.5. The first kappa shape index (κ1) is 17.6. The van der Waals surface area contributed by atoms with E-state index in [1.54, 1.807) is 0 Å². The number of fused-ring (bicyclic) bond motifs is 6. The molecule has 0 spiro atoms. The minimum Gasteiger partial charge on any atom is -0.357 e. The molecule has 2 heterocycles. The molecule has 7 rings (SSSR count). The molecule has 0 aliphatic heterocycles. The Hall–Kier alpha value is -4.04. The molecule has 2 atom stereocenters. The normalized spacial score (nSPS) is 17.4. The van der Waals surface area contributed by atoms with Gasteiger partial charge < -0.3 is 9.97 Å². The smallest absolute Gasteiger partial charge is 0.0518 e. The molecule has 0 amide bonds. The SMILES string of the molecule is c1ccc([C@@H]2c3[nH]c4ccccc4c3[C@@H](c3ccccc3)c3[nH]c4ccccc4c32)cc1. The van der Waals surface area contributed by atoms with E-state index in [4.69, 9.17) is 0 Å². The quantitative estimate of drug-likeness (QED) is 0.299. The molecule has 2 heteroatoms. The van der Waals surface area contributed by atoms with Gasteiger partial charge in [0.1, 0.15) is 0 Å². The van der Waals surface area contributed by atoms with Gasteiger partial charge in [0.25, 0.3) is 0 Å². The van der Waals surface area contributed by atoms with Crippen LogP contribution in [0.1, 0.15) is 45.5 Å². The molecular weight excluding hydrogens is 388 g/mol. The van der Waals surface area contributed by atoms with E-state index in [2.05, 4.69) is 119 Å². The molecular formula is C30H22N2. The third-order valence-corrected chi connectivity index (χ3v) is 6.97. The number of rotatable bonds is 2. The minimum atomic E-state index is 0.157. The zero-order chi connectivity index (χ0) is 21.1. The molecule has 2 aromatic heterocycles. The van der Waals surface area contributed by atoms with Crippen LogP contribution in [0.3, 0.4) is 0 Å². The number of benzene rings is 4. The average molecular weight is 411 g/mol. The highest BCUT2D eigenvalue weighted by atomic mass is 14.8. The molecule has 152 valence electrons. The Morgan fingerprint density at radius 1 is 0.406 bits per heavy atom. The molecule has 1 aliphatic carbocycles. The fraction of sp³-hybridized carbons (Fsp3) is 0.0667. The van der Waals surface area contributed by atoms with Crippen molar-refractivity contribution < 1.29 is 0 Å². The summed E-state index contributed by atoms with van der Waals surface area (Å²) in [6.07, 6.45) is 0. The minimum absolute atomic E-state index is 0.157. The second kappa shape index (κ2) is 6.73. The summed E-state index contributed by atoms with van der Waals surface area (Å²) in [5, 5.41) is 2.61. The standard InChI is InChI=1S/C30H22N2/c1-3-11-19(12-4-1)25-27-21-15-7-9-17-23(21)32-30(27)26(20-13-5-2-6-14-20)28-22-16-8-10-18-24(22)31-29(25)28/h1-18,25-26,31-32H/t25-,26+. The second-order valence-electron chi connectivity index (χ2n) is 8.68. The van der Waals surface area contributed by atoms with Crippen LogP contribution in [0, 0.1) is 0 Å². The number of aromatic amines is 2. The van der Waals surface area contributed by atoms with Gasteiger partial charge in [0.05, 0.1) is 11.8 Å². The zero-order valence-electron chi connectivity index (χ0n) is 17.5. The lowest BCUT2D eigenvalue weighted by Crippen LogP contribution is -2.19. The topological polar surface area (TPSA) is 31.6 Å². The van der Waals surface area contributed by atoms with E-state index >= 15 is 0 Å². The van der Waals surface area contributed by atoms with Crippen molar-refractivity contribution in [3.63, 3.8) is 0 Å². The van der Waals surface area contributed by atoms with Crippen LogP contribution in [-0.4, -0.2) is 9.97 Å². The van der Waals surface area contributed by atoms with Crippen LogP contribution in [0.2, 0.25) is 0 Å². The second-order valence-corrected chi connectivity index (χ2v) is 8.68. The van der Waals surface area contributed by atoms with Gasteiger partial charge in [-0.15, -0.1) is 0 Å². The maximum absolute atomic E-state index is 3.85. The van der Waals surface area contributed by atoms with Crippen LogP contribution in [0.25, 0.3) is 21.8 Å². The predicted octanol–water partition coefficient (Wildman–Crippen LogP) is 7.32. The fourth-order valence-corrected chi connectivity index (χ4v) is 5.69. The summed E-state index contributed by atoms with van der Waals surface area (Å²) in [5.41, 5.74) is 10.4. The maximum Gasteiger partial charge on any atom is 0.0518 e. The summed E-state index contributed by atoms with van der Waals surface area (Å²) in [5.74, 6) is 0.314. The van der Waals surface area contributed by atoms with Gasteiger partial charge in [0.15, 0.2) is 0 Å². The van der Waals surface area contributed by atoms with Crippen LogP contribution in [0.5, 0.6) is 0 Å². The van der Waals surface area contributed by atoms with Crippen molar-refractivity contribution in [3.8, 4) is 0 Å². The first-order valence-corrected chi connectivity index (χ1v) is 11.2. The van der Waals surface area contributed by atoms with Gasteiger partial charge in [-0.05, 0) is 34.4 Å². The summed E-state index contributed by atoms with van der Waals surface area (Å²) < 4.78 is 0. The van der Waals surface area contributed by atoms with Gasteiger partial charge in [-0.3, -0.25) is 0 Å². The highest BCUT2D eigenvalue weighted by molar-refractivity contribution is 5.93. The Morgan fingerprint density at radius 2 is 0.781 bits per heavy atom. The fourth-order valence-electron chi connectivity index (χ4n) is 5.69. The summed E-state index contributed by atoms with van der Waals surface area (Å²) >= 11 is 0. The molecule has 2 N–H and O–H groups in total. The van der Waals surface area contributed by atoms with Gasteiger partial charge in [-0.1, -0.05) is 97.1 Å². The largest absolute Gasteiger partial charge is 0.357 e. The van der Waals surface area contributed by atoms with Crippen LogP contribution < -0.4 is 0 Å². The van der Waals surface area contributed by atoms with Crippen molar-refractivity contribution in [2.24, 2.45) is 0 Å². The van der Waals surface area contributed by atoms with E-state index < -0.39 is 0 Å². The van der Waals surface area contributed by atoms with Gasteiger partial charge in [0, 0.05) is 33.2 Å². The highest BCUT2D eigenvalue weighted by Crippen LogP contribution is 2.52. The lowest BCUT2D eigenvalue weighted by Gasteiger charge is -2.31. The molecule has 0 radical (unpaired) electrons. The van der Waals surface area contributed by atoms with E-state index in [1.165, 1.54) is 55.4 Å². The molecule has 4 aromatic carbocycles. The number of hydrogen-bond acceptors (Lipinski definition) is 0. The Morgan fingerprint density at radius 3 is 1.22 bits per heavy atom. The van der Waals surface area contributed by atoms with Crippen LogP contribution in [0.15, 0.2) is 109 Å². The Bertz CT molecular complexity index is 1450. The average Bonchev–Trinajstić information content (AvgIpc) is 3.42. The molecule has 6 aromatic rings. The van der Waals surface area contributed by atoms with Crippen LogP contribution in [-0.2, 0) is 0 Å². The highest BCUT2D eigenvalue weighted by Gasteiger charge is 2.39. The van der Waals surface area contributed by atoms with Crippen molar-refractivity contribution in [1.82, 2.24) is 9.97 Å². The molecule has 0 saturated carbocycles. The number of H-pyrrole nitrogens is 2. The Balaban J connectivity index is 1.65. The molecule has 0 saturated heterocycles. The van der Waals surface area contributed by atoms with Gasteiger partial charge in [-0.25, -0.2) is 0 Å². The molecule has 32 heavy (non-hydrogen) atoms. The van der Waals surface area contributed by atoms with E-state index in [1.807, 2.05) is 0 Å². The van der Waals surface area contributed by atoms with Gasteiger partial charge >= 0.3 is 0 Å². The van der Waals surface area contributed by atoms with Crippen molar-refractivity contribution >= 4 is 21.8 Å². The van der Waals surface area contributed by atoms with Crippen LogP contribution >= 0.6 is 0 Å². The third-order valence-electron chi connectivity index (χ3n) is 6.97.